The number of benzene rings is 1. The van der Waals surface area contributed by atoms with Crippen molar-refractivity contribution in [3.63, 3.8) is 0 Å². The number of aromatic nitrogens is 1. The van der Waals surface area contributed by atoms with Crippen LogP contribution < -0.4 is 5.32 Å². The molecule has 2 aromatic rings. The molecule has 1 aromatic heterocycles. The Kier molecular flexibility index (Phi) is 2.76. The van der Waals surface area contributed by atoms with Crippen LogP contribution in [0, 0.1) is 0 Å². The highest BCUT2D eigenvalue weighted by atomic mass is 35.5. The second kappa shape index (κ2) is 4.30. The van der Waals surface area contributed by atoms with E-state index in [1.165, 1.54) is 7.11 Å². The van der Waals surface area contributed by atoms with E-state index in [1.54, 1.807) is 0 Å². The molecule has 1 atom stereocenters. The average Bonchev–Trinajstić information content (AvgIpc) is 2.75. The monoisotopic (exact) mass is 264 g/mol. The van der Waals surface area contributed by atoms with Crippen LogP contribution in [0.1, 0.15) is 11.3 Å². The Morgan fingerprint density at radius 2 is 2.33 bits per heavy atom. The van der Waals surface area contributed by atoms with Crippen LogP contribution in [0.4, 0.5) is 0 Å². The smallest absolute Gasteiger partial charge is 0.323 e. The normalized spacial score (nSPS) is 18.7. The zero-order valence-electron chi connectivity index (χ0n) is 9.92. The first-order valence-corrected chi connectivity index (χ1v) is 6.17. The third kappa shape index (κ3) is 1.78. The lowest BCUT2D eigenvalue weighted by molar-refractivity contribution is -0.143. The molecule has 2 heterocycles. The first kappa shape index (κ1) is 11.6. The fourth-order valence-electron chi connectivity index (χ4n) is 2.47. The molecule has 18 heavy (non-hydrogen) atoms. The number of nitrogens with one attached hydrogen (secondary N) is 2. The maximum Gasteiger partial charge on any atom is 0.323 e. The van der Waals surface area contributed by atoms with Crippen molar-refractivity contribution in [2.45, 2.75) is 19.0 Å². The Hall–Kier alpha value is -1.52. The average molecular weight is 265 g/mol. The molecule has 94 valence electrons. The lowest BCUT2D eigenvalue weighted by atomic mass is 9.99. The SMILES string of the molecule is COC(=O)C1Cc2c([nH]c3ccc(Cl)cc23)CN1. The second-order valence-corrected chi connectivity index (χ2v) is 4.87. The van der Waals surface area contributed by atoms with Gasteiger partial charge in [-0.1, -0.05) is 11.6 Å². The van der Waals surface area contributed by atoms with Crippen molar-refractivity contribution in [3.05, 3.63) is 34.5 Å². The molecule has 0 aliphatic carbocycles. The van der Waals surface area contributed by atoms with Crippen molar-refractivity contribution in [2.75, 3.05) is 7.11 Å². The van der Waals surface area contributed by atoms with E-state index >= 15 is 0 Å². The molecule has 0 radical (unpaired) electrons. The van der Waals surface area contributed by atoms with Gasteiger partial charge in [0.25, 0.3) is 0 Å². The molecular formula is C13H13ClN2O2. The summed E-state index contributed by atoms with van der Waals surface area (Å²) in [5, 5.41) is 4.96. The van der Waals surface area contributed by atoms with Crippen LogP contribution in [0.2, 0.25) is 5.02 Å². The number of carbonyl (C=O) groups excluding carboxylic acids is 1. The van der Waals surface area contributed by atoms with Gasteiger partial charge < -0.3 is 9.72 Å². The van der Waals surface area contributed by atoms with Gasteiger partial charge in [-0.15, -0.1) is 0 Å². The van der Waals surface area contributed by atoms with Crippen LogP contribution in [-0.4, -0.2) is 24.1 Å². The number of rotatable bonds is 1. The molecule has 0 saturated heterocycles. The minimum absolute atomic E-state index is 0.225. The Morgan fingerprint density at radius 3 is 3.11 bits per heavy atom. The van der Waals surface area contributed by atoms with Crippen molar-refractivity contribution in [1.29, 1.82) is 0 Å². The molecule has 0 amide bonds. The third-order valence-electron chi connectivity index (χ3n) is 3.38. The quantitative estimate of drug-likeness (QED) is 0.775. The number of hydrogen-bond donors (Lipinski definition) is 2. The number of carbonyl (C=O) groups is 1. The van der Waals surface area contributed by atoms with Gasteiger partial charge in [0, 0.05) is 34.6 Å². The zero-order valence-corrected chi connectivity index (χ0v) is 10.7. The van der Waals surface area contributed by atoms with Crippen molar-refractivity contribution in [3.8, 4) is 0 Å². The molecule has 0 fully saturated rings. The number of aromatic amines is 1. The van der Waals surface area contributed by atoms with E-state index < -0.39 is 0 Å². The van der Waals surface area contributed by atoms with Crippen molar-refractivity contribution in [2.24, 2.45) is 0 Å². The Balaban J connectivity index is 2.05. The van der Waals surface area contributed by atoms with Crippen LogP contribution in [0.15, 0.2) is 18.2 Å². The number of esters is 1. The fourth-order valence-corrected chi connectivity index (χ4v) is 2.64. The molecule has 2 N–H and O–H groups in total. The first-order valence-electron chi connectivity index (χ1n) is 5.79. The summed E-state index contributed by atoms with van der Waals surface area (Å²) in [6, 6.07) is 5.48. The van der Waals surface area contributed by atoms with Gasteiger partial charge >= 0.3 is 5.97 Å². The molecule has 0 spiro atoms. The van der Waals surface area contributed by atoms with Gasteiger partial charge in [-0.25, -0.2) is 0 Å². The minimum Gasteiger partial charge on any atom is -0.468 e. The van der Waals surface area contributed by atoms with Gasteiger partial charge in [-0.2, -0.15) is 0 Å². The number of methoxy groups -OCH3 is 1. The molecule has 1 unspecified atom stereocenters. The van der Waals surface area contributed by atoms with Gasteiger partial charge in [0.1, 0.15) is 6.04 Å². The van der Waals surface area contributed by atoms with Gasteiger partial charge in [0.15, 0.2) is 0 Å². The molecule has 0 saturated carbocycles. The molecule has 1 aliphatic rings. The number of ether oxygens (including phenoxy) is 1. The van der Waals surface area contributed by atoms with E-state index in [1.807, 2.05) is 18.2 Å². The second-order valence-electron chi connectivity index (χ2n) is 4.43. The standard InChI is InChI=1S/C13H13ClN2O2/c1-18-13(17)11-5-9-8-4-7(14)2-3-10(8)16-12(9)6-15-11/h2-4,11,15-16H,5-6H2,1H3. The highest BCUT2D eigenvalue weighted by Gasteiger charge is 2.27. The lowest BCUT2D eigenvalue weighted by Gasteiger charge is -2.21. The summed E-state index contributed by atoms with van der Waals surface area (Å²) in [5.41, 5.74) is 3.32. The Labute approximate surface area is 109 Å². The molecule has 5 heteroatoms. The zero-order chi connectivity index (χ0) is 12.7. The maximum absolute atomic E-state index is 11.6. The van der Waals surface area contributed by atoms with Crippen LogP contribution in [0.3, 0.4) is 0 Å². The fraction of sp³-hybridized carbons (Fsp3) is 0.308. The summed E-state index contributed by atoms with van der Waals surface area (Å²) in [6.07, 6.45) is 0.627. The molecule has 4 nitrogen and oxygen atoms in total. The predicted octanol–water partition coefficient (Wildman–Crippen LogP) is 2.01. The van der Waals surface area contributed by atoms with E-state index in [-0.39, 0.29) is 12.0 Å². The van der Waals surface area contributed by atoms with Gasteiger partial charge in [0.2, 0.25) is 0 Å². The van der Waals surface area contributed by atoms with E-state index in [9.17, 15) is 4.79 Å². The summed E-state index contributed by atoms with van der Waals surface area (Å²) < 4.78 is 4.78. The van der Waals surface area contributed by atoms with Crippen molar-refractivity contribution in [1.82, 2.24) is 10.3 Å². The third-order valence-corrected chi connectivity index (χ3v) is 3.61. The van der Waals surface area contributed by atoms with Crippen molar-refractivity contribution >= 4 is 28.5 Å². The summed E-state index contributed by atoms with van der Waals surface area (Å²) in [4.78, 5) is 14.9. The highest BCUT2D eigenvalue weighted by Crippen LogP contribution is 2.28. The Morgan fingerprint density at radius 1 is 1.50 bits per heavy atom. The lowest BCUT2D eigenvalue weighted by Crippen LogP contribution is -2.42. The van der Waals surface area contributed by atoms with Crippen LogP contribution in [-0.2, 0) is 22.5 Å². The van der Waals surface area contributed by atoms with E-state index in [2.05, 4.69) is 10.3 Å². The largest absolute Gasteiger partial charge is 0.468 e. The topological polar surface area (TPSA) is 54.1 Å². The van der Waals surface area contributed by atoms with Crippen LogP contribution >= 0.6 is 11.6 Å². The maximum atomic E-state index is 11.6. The number of hydrogen-bond acceptors (Lipinski definition) is 3. The minimum atomic E-state index is -0.277. The highest BCUT2D eigenvalue weighted by molar-refractivity contribution is 6.31. The summed E-state index contributed by atoms with van der Waals surface area (Å²) in [7, 11) is 1.41. The van der Waals surface area contributed by atoms with E-state index in [4.69, 9.17) is 16.3 Å². The van der Waals surface area contributed by atoms with Crippen LogP contribution in [0.25, 0.3) is 10.9 Å². The first-order chi connectivity index (χ1) is 8.69. The van der Waals surface area contributed by atoms with E-state index in [0.29, 0.717) is 18.0 Å². The molecule has 0 bridgehead atoms. The molecule has 1 aliphatic heterocycles. The van der Waals surface area contributed by atoms with Gasteiger partial charge in [-0.05, 0) is 23.8 Å². The molecule has 3 rings (SSSR count). The molecule has 1 aromatic carbocycles. The van der Waals surface area contributed by atoms with Crippen LogP contribution in [0.5, 0.6) is 0 Å². The van der Waals surface area contributed by atoms with E-state index in [0.717, 1.165) is 22.2 Å². The number of halogens is 1. The summed E-state index contributed by atoms with van der Waals surface area (Å²) in [5.74, 6) is -0.225. The van der Waals surface area contributed by atoms with Crippen molar-refractivity contribution < 1.29 is 9.53 Å². The number of fused-ring (bicyclic) bond motifs is 3. The summed E-state index contributed by atoms with van der Waals surface area (Å²) in [6.45, 7) is 0.640. The van der Waals surface area contributed by atoms with Gasteiger partial charge in [0.05, 0.1) is 7.11 Å². The Bertz CT molecular complexity index is 621. The van der Waals surface area contributed by atoms with Gasteiger partial charge in [-0.3, -0.25) is 10.1 Å². The number of H-pyrrole nitrogens is 1. The summed E-state index contributed by atoms with van der Waals surface area (Å²) >= 11 is 6.02. The molecular weight excluding hydrogens is 252 g/mol. The predicted molar refractivity (Wildman–Crippen MR) is 69.7 cm³/mol.